The van der Waals surface area contributed by atoms with Gasteiger partial charge in [-0.25, -0.2) is 0 Å². The minimum atomic E-state index is 0.568. The Morgan fingerprint density at radius 2 is 2.71 bits per heavy atom. The molecule has 0 atom stereocenters. The van der Waals surface area contributed by atoms with Gasteiger partial charge in [-0.3, -0.25) is 0 Å². The van der Waals surface area contributed by atoms with Crippen molar-refractivity contribution in [1.82, 2.24) is 4.67 Å². The second-order valence-corrected chi connectivity index (χ2v) is 1.12. The van der Waals surface area contributed by atoms with Gasteiger partial charge in [-0.15, -0.1) is 0 Å². The van der Waals surface area contributed by atoms with Gasteiger partial charge in [0.05, 0.1) is 0 Å². The Kier molecular flexibility index (Phi) is 0.794. The molecular formula is C4H4N3+. The van der Waals surface area contributed by atoms with E-state index < -0.39 is 0 Å². The second kappa shape index (κ2) is 1.43. The van der Waals surface area contributed by atoms with Gasteiger partial charge in [-0.1, -0.05) is 0 Å². The maximum Gasteiger partial charge on any atom is 0.429 e. The van der Waals surface area contributed by atoms with E-state index in [2.05, 4.69) is 15.7 Å². The van der Waals surface area contributed by atoms with E-state index in [4.69, 9.17) is 5.73 Å². The molecular weight excluding hydrogens is 90.1 g/mol. The van der Waals surface area contributed by atoms with Crippen LogP contribution in [0.15, 0.2) is 16.9 Å². The smallest absolute Gasteiger partial charge is 0.392 e. The molecule has 1 rings (SSSR count). The first-order valence-electron chi connectivity index (χ1n) is 1.83. The maximum atomic E-state index is 5.21. The molecule has 7 heavy (non-hydrogen) atoms. The van der Waals surface area contributed by atoms with Crippen molar-refractivity contribution in [1.29, 1.82) is 0 Å². The molecule has 1 heterocycles. The lowest BCUT2D eigenvalue weighted by molar-refractivity contribution is 1.39. The van der Waals surface area contributed by atoms with Crippen LogP contribution in [0, 0.1) is 0 Å². The fourth-order valence-corrected chi connectivity index (χ4v) is 0.273. The fourth-order valence-electron chi connectivity index (χ4n) is 0.273. The third-order valence-corrected chi connectivity index (χ3v) is 0.543. The van der Waals surface area contributed by atoms with Crippen molar-refractivity contribution in [2.75, 3.05) is 0 Å². The summed E-state index contributed by atoms with van der Waals surface area (Å²) >= 11 is 0. The molecule has 0 unspecified atom stereocenters. The standard InChI is InChI=1S/C4H4N3/c5-4-1-6-3-7-2-4/h1-2H,5H2/q+1. The first kappa shape index (κ1) is 3.88. The summed E-state index contributed by atoms with van der Waals surface area (Å²) in [5.41, 5.74) is 5.78. The van der Waals surface area contributed by atoms with Crippen LogP contribution in [-0.4, -0.2) is 12.2 Å². The van der Waals surface area contributed by atoms with E-state index >= 15 is 0 Å². The van der Waals surface area contributed by atoms with Gasteiger partial charge >= 0.3 is 6.01 Å². The Balaban J connectivity index is 3.02. The summed E-state index contributed by atoms with van der Waals surface area (Å²) < 4.78 is 3.52. The highest BCUT2D eigenvalue weighted by atomic mass is 14.8. The molecule has 0 spiro atoms. The molecule has 0 aliphatic carbocycles. The SMILES string of the molecule is NC1=CN=C=[N+]=C1. The highest BCUT2D eigenvalue weighted by Gasteiger charge is 1.90. The Labute approximate surface area is 40.6 Å². The highest BCUT2D eigenvalue weighted by Crippen LogP contribution is 1.76. The zero-order valence-corrected chi connectivity index (χ0v) is 3.63. The molecule has 3 nitrogen and oxygen atoms in total. The fraction of sp³-hybridized carbons (Fsp3) is 0. The average molecular weight is 94.1 g/mol. The number of rotatable bonds is 0. The number of aliphatic imine (C=N–C) groups is 1. The minimum Gasteiger partial charge on any atom is -0.392 e. The van der Waals surface area contributed by atoms with E-state index in [-0.39, 0.29) is 0 Å². The molecule has 2 N–H and O–H groups in total. The molecule has 0 aromatic rings. The van der Waals surface area contributed by atoms with Gasteiger partial charge in [-0.2, -0.15) is 4.67 Å². The molecule has 0 radical (unpaired) electrons. The highest BCUT2D eigenvalue weighted by molar-refractivity contribution is 5.79. The number of nitrogens with two attached hydrogens (primary N) is 1. The van der Waals surface area contributed by atoms with Gasteiger partial charge in [-0.05, 0) is 0 Å². The van der Waals surface area contributed by atoms with Crippen molar-refractivity contribution in [3.8, 4) is 0 Å². The first-order valence-corrected chi connectivity index (χ1v) is 1.83. The Bertz CT molecular complexity index is 189. The number of allylic oxidation sites excluding steroid dienone is 1. The molecule has 0 saturated carbocycles. The molecule has 0 bridgehead atoms. The summed E-state index contributed by atoms with van der Waals surface area (Å²) in [6.45, 7) is 0. The van der Waals surface area contributed by atoms with E-state index in [1.54, 1.807) is 0 Å². The normalized spacial score (nSPS) is 14.6. The van der Waals surface area contributed by atoms with E-state index in [1.165, 1.54) is 12.4 Å². The van der Waals surface area contributed by atoms with Crippen molar-refractivity contribution in [2.24, 2.45) is 10.7 Å². The van der Waals surface area contributed by atoms with Gasteiger partial charge in [0, 0.05) is 4.99 Å². The minimum absolute atomic E-state index is 0.568. The molecule has 1 aliphatic heterocycles. The van der Waals surface area contributed by atoms with E-state index in [9.17, 15) is 0 Å². The van der Waals surface area contributed by atoms with E-state index in [0.717, 1.165) is 0 Å². The Hall–Kier alpha value is -1.30. The zero-order valence-electron chi connectivity index (χ0n) is 3.63. The topological polar surface area (TPSA) is 52.5 Å². The van der Waals surface area contributed by atoms with Crippen molar-refractivity contribution in [3.05, 3.63) is 11.9 Å². The zero-order chi connectivity index (χ0) is 5.11. The van der Waals surface area contributed by atoms with Crippen molar-refractivity contribution in [3.63, 3.8) is 0 Å². The van der Waals surface area contributed by atoms with Crippen LogP contribution in [0.1, 0.15) is 0 Å². The quantitative estimate of drug-likeness (QED) is 0.389. The Morgan fingerprint density at radius 3 is 3.00 bits per heavy atom. The average Bonchev–Trinajstić information content (AvgIpc) is 1.69. The lowest BCUT2D eigenvalue weighted by Gasteiger charge is -1.72. The molecule has 34 valence electrons. The summed E-state index contributed by atoms with van der Waals surface area (Å²) in [4.78, 5) is 3.52. The number of nitrogens with zero attached hydrogens (tertiary/aromatic N) is 2. The molecule has 0 fully saturated rings. The summed E-state index contributed by atoms with van der Waals surface area (Å²) in [6.07, 6.45) is 2.99. The van der Waals surface area contributed by atoms with Crippen molar-refractivity contribution >= 4 is 12.2 Å². The van der Waals surface area contributed by atoms with Crippen LogP contribution in [0.4, 0.5) is 0 Å². The van der Waals surface area contributed by atoms with E-state index in [1.807, 2.05) is 0 Å². The van der Waals surface area contributed by atoms with Gasteiger partial charge in [0.25, 0.3) is 0 Å². The van der Waals surface area contributed by atoms with Crippen molar-refractivity contribution in [2.45, 2.75) is 0 Å². The predicted octanol–water partition coefficient (Wildman–Crippen LogP) is -0.888. The molecule has 0 aromatic heterocycles. The summed E-state index contributed by atoms with van der Waals surface area (Å²) in [5, 5.41) is 0. The van der Waals surface area contributed by atoms with Crippen LogP contribution in [0.2, 0.25) is 0 Å². The number of hydrogen-bond acceptors (Lipinski definition) is 2. The molecule has 0 saturated heterocycles. The van der Waals surface area contributed by atoms with Crippen LogP contribution < -0.4 is 10.4 Å². The third-order valence-electron chi connectivity index (χ3n) is 0.543. The summed E-state index contributed by atoms with van der Waals surface area (Å²) in [6, 6.07) is 2.35. The monoisotopic (exact) mass is 94.0 g/mol. The second-order valence-electron chi connectivity index (χ2n) is 1.12. The van der Waals surface area contributed by atoms with Crippen LogP contribution in [0.3, 0.4) is 0 Å². The van der Waals surface area contributed by atoms with Crippen LogP contribution in [0.25, 0.3) is 0 Å². The number of hydrogen-bond donors (Lipinski definition) is 1. The molecule has 0 amide bonds. The van der Waals surface area contributed by atoms with Gasteiger partial charge in [0.15, 0.2) is 6.20 Å². The largest absolute Gasteiger partial charge is 0.429 e. The Morgan fingerprint density at radius 1 is 1.86 bits per heavy atom. The van der Waals surface area contributed by atoms with Crippen LogP contribution >= 0.6 is 0 Å². The first-order chi connectivity index (χ1) is 3.39. The van der Waals surface area contributed by atoms with E-state index in [0.29, 0.717) is 5.70 Å². The predicted molar refractivity (Wildman–Crippen MR) is 27.9 cm³/mol. The van der Waals surface area contributed by atoms with Crippen LogP contribution in [-0.2, 0) is 0 Å². The molecule has 1 aliphatic rings. The summed E-state index contributed by atoms with van der Waals surface area (Å²) in [5.74, 6) is 0. The third kappa shape index (κ3) is 0.763. The van der Waals surface area contributed by atoms with Gasteiger partial charge in [0.1, 0.15) is 5.70 Å². The van der Waals surface area contributed by atoms with Gasteiger partial charge < -0.3 is 5.73 Å². The molecule has 0 aromatic carbocycles. The lowest BCUT2D eigenvalue weighted by atomic mass is 10.5. The summed E-state index contributed by atoms with van der Waals surface area (Å²) in [7, 11) is 0. The van der Waals surface area contributed by atoms with Crippen molar-refractivity contribution < 1.29 is 0 Å². The van der Waals surface area contributed by atoms with Gasteiger partial charge in [0.2, 0.25) is 6.21 Å². The lowest BCUT2D eigenvalue weighted by Crippen LogP contribution is -2.00. The van der Waals surface area contributed by atoms with Crippen LogP contribution in [0.5, 0.6) is 0 Å². The molecule has 3 heteroatoms. The maximum absolute atomic E-state index is 5.21.